The maximum absolute atomic E-state index is 17.3. The molecule has 78 heavy (non-hydrogen) atoms. The fourth-order valence-electron chi connectivity index (χ4n) is 10.3. The summed E-state index contributed by atoms with van der Waals surface area (Å²) in [5, 5.41) is 44.4. The molecule has 0 saturated carbocycles. The Balaban J connectivity index is 0.916. The Morgan fingerprint density at radius 1 is 0.718 bits per heavy atom. The van der Waals surface area contributed by atoms with E-state index in [0.717, 1.165) is 13.1 Å². The van der Waals surface area contributed by atoms with Crippen LogP contribution in [0.15, 0.2) is 78.9 Å². The van der Waals surface area contributed by atoms with Crippen molar-refractivity contribution in [1.82, 2.24) is 40.4 Å². The summed E-state index contributed by atoms with van der Waals surface area (Å²) in [5.41, 5.74) is 1.17. The van der Waals surface area contributed by atoms with Crippen molar-refractivity contribution in [3.63, 3.8) is 0 Å². The number of hydrogen-bond donors (Lipinski definition) is 5. The molecular weight excluding hydrogens is 1040 g/mol. The van der Waals surface area contributed by atoms with E-state index in [2.05, 4.69) is 32.0 Å². The zero-order chi connectivity index (χ0) is 54.8. The summed E-state index contributed by atoms with van der Waals surface area (Å²) in [7, 11) is 7.84. The van der Waals surface area contributed by atoms with Crippen LogP contribution in [0.25, 0.3) is 65.6 Å². The number of anilines is 3. The number of aromatic nitrogens is 4. The van der Waals surface area contributed by atoms with Gasteiger partial charge in [0, 0.05) is 92.4 Å². The van der Waals surface area contributed by atoms with Crippen LogP contribution in [0.4, 0.5) is 26.1 Å². The van der Waals surface area contributed by atoms with Crippen LogP contribution in [0, 0.1) is 23.0 Å². The molecule has 10 rings (SSSR count). The topological polar surface area (TPSA) is 200 Å². The summed E-state index contributed by atoms with van der Waals surface area (Å²) in [6.07, 6.45) is 1.38. The smallest absolute Gasteiger partial charge is 0.319 e. The van der Waals surface area contributed by atoms with Gasteiger partial charge in [-0.2, -0.15) is 25.2 Å². The molecule has 0 bridgehead atoms. The quantitative estimate of drug-likeness (QED) is 0.0541. The predicted octanol–water partition coefficient (Wildman–Crippen LogP) is 8.98. The molecule has 0 aliphatic carbocycles. The molecule has 404 valence electrons. The minimum absolute atomic E-state index is 0.00299. The number of ether oxygens (including phenoxy) is 2. The first-order valence-electron chi connectivity index (χ1n) is 25.7. The van der Waals surface area contributed by atoms with Gasteiger partial charge in [0.15, 0.2) is 11.6 Å². The molecule has 4 heterocycles. The zero-order valence-electron chi connectivity index (χ0n) is 43.5. The van der Waals surface area contributed by atoms with Crippen LogP contribution in [0.1, 0.15) is 19.3 Å². The number of fused-ring (bicyclic) bond motifs is 4. The number of carbonyl (C=O) groups excluding carboxylic acids is 1. The third-order valence-electron chi connectivity index (χ3n) is 13.9. The molecule has 8 aromatic rings. The molecule has 2 aromatic heterocycles. The molecule has 2 saturated heterocycles. The van der Waals surface area contributed by atoms with Gasteiger partial charge in [0.25, 0.3) is 0 Å². The number of nitrogens with zero attached hydrogens (tertiary/aromatic N) is 9. The number of hydrogen-bond acceptors (Lipinski definition) is 16. The summed E-state index contributed by atoms with van der Waals surface area (Å²) in [6.45, 7) is 4.60. The van der Waals surface area contributed by atoms with Gasteiger partial charge in [0.05, 0.1) is 29.3 Å². The van der Waals surface area contributed by atoms with Gasteiger partial charge in [-0.3, -0.25) is 10.1 Å². The Bertz CT molecular complexity index is 3640. The van der Waals surface area contributed by atoms with Crippen molar-refractivity contribution in [3.8, 4) is 51.8 Å². The van der Waals surface area contributed by atoms with E-state index >= 15 is 8.78 Å². The first-order valence-corrected chi connectivity index (χ1v) is 26.5. The van der Waals surface area contributed by atoms with Crippen molar-refractivity contribution in [2.45, 2.75) is 31.3 Å². The van der Waals surface area contributed by atoms with Crippen molar-refractivity contribution in [2.24, 2.45) is 0 Å². The molecular formula is C57H58Cl2F2N12O5. The van der Waals surface area contributed by atoms with Crippen LogP contribution in [-0.2, 0) is 4.79 Å². The van der Waals surface area contributed by atoms with Gasteiger partial charge in [-0.15, -0.1) is 0 Å². The van der Waals surface area contributed by atoms with Crippen LogP contribution in [0.2, 0.25) is 10.0 Å². The molecule has 2 aliphatic heterocycles. The van der Waals surface area contributed by atoms with E-state index in [9.17, 15) is 20.3 Å². The fourth-order valence-corrected chi connectivity index (χ4v) is 10.9. The second-order valence-electron chi connectivity index (χ2n) is 20.1. The number of phenolic OH excluding ortho intramolecular Hbond substituents is 2. The largest absolute Gasteiger partial charge is 0.508 e. The van der Waals surface area contributed by atoms with Crippen molar-refractivity contribution in [2.75, 3.05) is 109 Å². The van der Waals surface area contributed by atoms with E-state index in [1.165, 1.54) is 18.2 Å². The Kier molecular flexibility index (Phi) is 16.1. The fraction of sp³-hybridized carbons (Fsp3) is 0.333. The normalized spacial score (nSPS) is 16.0. The molecule has 6 aromatic carbocycles. The maximum Gasteiger partial charge on any atom is 0.319 e. The highest BCUT2D eigenvalue weighted by molar-refractivity contribution is 6.35. The van der Waals surface area contributed by atoms with Crippen molar-refractivity contribution < 1.29 is 33.3 Å². The SMILES string of the molecule is CN(C)CCCOc1nc(N2CCNC(CC(=O)Nc3ccc4c(-c5c(Cl)cc6c(N7CCN[C@@H](C#N)C7)nc(OCCCN(C)C)nc6c5F)cc(O)cc4c3)C2)c2cc(Cl)c(-c3cc(O)cc4ccccc34)c(F)c2n1. The van der Waals surface area contributed by atoms with Crippen LogP contribution in [0.3, 0.4) is 0 Å². The third kappa shape index (κ3) is 11.6. The molecule has 2 aliphatic rings. The number of benzene rings is 6. The predicted molar refractivity (Wildman–Crippen MR) is 302 cm³/mol. The van der Waals surface area contributed by atoms with Crippen LogP contribution < -0.4 is 35.2 Å². The number of halogens is 4. The summed E-state index contributed by atoms with van der Waals surface area (Å²) in [6, 6.07) is 23.1. The molecule has 21 heteroatoms. The summed E-state index contributed by atoms with van der Waals surface area (Å²) >= 11 is 14.0. The molecule has 2 fully saturated rings. The number of aromatic hydroxyl groups is 2. The van der Waals surface area contributed by atoms with Gasteiger partial charge in [0.1, 0.15) is 40.2 Å². The Morgan fingerprint density at radius 2 is 1.26 bits per heavy atom. The number of carbonyl (C=O) groups is 1. The monoisotopic (exact) mass is 1100 g/mol. The van der Waals surface area contributed by atoms with Crippen molar-refractivity contribution >= 4 is 89.8 Å². The first-order chi connectivity index (χ1) is 37.6. The van der Waals surface area contributed by atoms with Gasteiger partial charge >= 0.3 is 12.0 Å². The first kappa shape index (κ1) is 53.9. The van der Waals surface area contributed by atoms with Gasteiger partial charge < -0.3 is 49.9 Å². The number of piperazine rings is 2. The van der Waals surface area contributed by atoms with Gasteiger partial charge in [-0.25, -0.2) is 8.78 Å². The number of nitriles is 1. The van der Waals surface area contributed by atoms with Crippen molar-refractivity contribution in [3.05, 3.63) is 101 Å². The van der Waals surface area contributed by atoms with E-state index in [4.69, 9.17) is 42.6 Å². The lowest BCUT2D eigenvalue weighted by atomic mass is 9.95. The van der Waals surface area contributed by atoms with E-state index in [0.29, 0.717) is 113 Å². The Hall–Kier alpha value is -7.44. The molecule has 5 N–H and O–H groups in total. The lowest BCUT2D eigenvalue weighted by Gasteiger charge is -2.35. The molecule has 0 spiro atoms. The molecule has 1 amide bonds. The highest BCUT2D eigenvalue weighted by atomic mass is 35.5. The summed E-state index contributed by atoms with van der Waals surface area (Å²) in [4.78, 5) is 40.5. The number of rotatable bonds is 17. The Morgan fingerprint density at radius 3 is 1.83 bits per heavy atom. The number of phenols is 2. The third-order valence-corrected chi connectivity index (χ3v) is 14.5. The van der Waals surface area contributed by atoms with Gasteiger partial charge in [-0.1, -0.05) is 53.5 Å². The van der Waals surface area contributed by atoms with Crippen LogP contribution in [-0.4, -0.2) is 152 Å². The molecule has 2 atom stereocenters. The highest BCUT2D eigenvalue weighted by Gasteiger charge is 2.30. The van der Waals surface area contributed by atoms with Crippen molar-refractivity contribution in [1.29, 1.82) is 5.26 Å². The average Bonchev–Trinajstić information content (AvgIpc) is 3.61. The molecule has 0 radical (unpaired) electrons. The summed E-state index contributed by atoms with van der Waals surface area (Å²) in [5.74, 6) is -1.18. The molecule has 1 unspecified atom stereocenters. The standard InChI is InChI=1S/C57H58Cl2F2N12O5/c1-70(2)15-7-19-77-56-66-52-43(27-45(58)48(50(52)60)41-25-37(74)22-32-9-5-6-10-39(32)41)54(68-56)72-17-13-63-35(30-72)24-47(76)65-34-11-12-40-33(21-34)23-38(75)26-42(40)49-46(59)28-44-53(51(49)61)67-57(78-20-8-16-71(3)4)69-55(44)73-18-14-64-36(29-62)31-73/h5-6,9-12,21-23,25-28,35-36,63-64,74-75H,7-8,13-20,24,30-31H2,1-4H3,(H,65,76)/t35?,36-/m0/s1. The zero-order valence-corrected chi connectivity index (χ0v) is 45.0. The van der Waals surface area contributed by atoms with Crippen LogP contribution >= 0.6 is 23.2 Å². The summed E-state index contributed by atoms with van der Waals surface area (Å²) < 4.78 is 46.5. The van der Waals surface area contributed by atoms with Gasteiger partial charge in [-0.05, 0) is 122 Å². The Labute approximate surface area is 459 Å². The average molecular weight is 1100 g/mol. The lowest BCUT2D eigenvalue weighted by molar-refractivity contribution is -0.116. The number of nitrogens with one attached hydrogen (secondary N) is 3. The second-order valence-corrected chi connectivity index (χ2v) is 20.9. The maximum atomic E-state index is 17.3. The lowest BCUT2D eigenvalue weighted by Crippen LogP contribution is -2.52. The molecule has 17 nitrogen and oxygen atoms in total. The van der Waals surface area contributed by atoms with E-state index in [1.807, 2.05) is 72.1 Å². The second kappa shape index (κ2) is 23.3. The minimum atomic E-state index is -0.747. The van der Waals surface area contributed by atoms with Gasteiger partial charge in [0.2, 0.25) is 5.91 Å². The minimum Gasteiger partial charge on any atom is -0.508 e. The van der Waals surface area contributed by atoms with E-state index in [1.54, 1.807) is 36.4 Å². The highest BCUT2D eigenvalue weighted by Crippen LogP contribution is 2.45. The van der Waals surface area contributed by atoms with E-state index < -0.39 is 17.7 Å². The van der Waals surface area contributed by atoms with Crippen LogP contribution in [0.5, 0.6) is 23.5 Å². The van der Waals surface area contributed by atoms with E-state index in [-0.39, 0.29) is 87.3 Å². The number of amides is 1.